The summed E-state index contributed by atoms with van der Waals surface area (Å²) in [5, 5.41) is 88.4. The Morgan fingerprint density at radius 2 is 0.686 bits per heavy atom. The molecule has 15 nitrogen and oxygen atoms in total. The summed E-state index contributed by atoms with van der Waals surface area (Å²) < 4.78 is 0. The van der Waals surface area contributed by atoms with Gasteiger partial charge in [-0.3, -0.25) is 0 Å². The zero-order valence-electron chi connectivity index (χ0n) is 19.0. The Hall–Kier alpha value is -3.44. The molecule has 0 aliphatic rings. The van der Waals surface area contributed by atoms with E-state index in [1.807, 2.05) is 0 Å². The number of aliphatic hydroxyl groups is 7. The second-order valence-electron chi connectivity index (χ2n) is 5.32. The topological polar surface area (TPSA) is 291 Å². The van der Waals surface area contributed by atoms with Gasteiger partial charge in [0.25, 0.3) is 0 Å². The fraction of sp³-hybridized carbons (Fsp3) is 0.400. The lowest BCUT2D eigenvalue weighted by atomic mass is 9.93. The van der Waals surface area contributed by atoms with Gasteiger partial charge in [-0.05, 0) is 0 Å². The smallest absolute Gasteiger partial charge is 0.327 e. The number of carboxylic acids is 4. The molecule has 0 fully saturated rings. The average Bonchev–Trinajstić information content (AvgIpc) is 2.86. The molecule has 206 valence electrons. The van der Waals surface area contributed by atoms with Crippen LogP contribution in [0.5, 0.6) is 0 Å². The molecule has 0 aromatic carbocycles. The molecule has 0 rings (SSSR count). The van der Waals surface area contributed by atoms with Crippen molar-refractivity contribution in [2.24, 2.45) is 5.41 Å². The normalized spacial score (nSPS) is 8.46. The predicted octanol–water partition coefficient (Wildman–Crippen LogP) is -2.70. The average molecular weight is 516 g/mol. The molecular formula is C20H36O15. The maximum Gasteiger partial charge on any atom is 0.327 e. The van der Waals surface area contributed by atoms with E-state index >= 15 is 0 Å². The Morgan fingerprint density at radius 3 is 0.686 bits per heavy atom. The molecule has 0 saturated heterocycles. The van der Waals surface area contributed by atoms with Gasteiger partial charge in [-0.2, -0.15) is 0 Å². The van der Waals surface area contributed by atoms with Crippen molar-refractivity contribution in [2.75, 3.05) is 39.6 Å². The maximum absolute atomic E-state index is 9.25. The largest absolute Gasteiger partial charge is 0.478 e. The number of hydrogen-bond acceptors (Lipinski definition) is 11. The number of carbonyl (C=O) groups is 4. The van der Waals surface area contributed by atoms with Crippen molar-refractivity contribution < 1.29 is 75.3 Å². The third-order valence-electron chi connectivity index (χ3n) is 2.46. The van der Waals surface area contributed by atoms with Crippen molar-refractivity contribution >= 4 is 23.9 Å². The van der Waals surface area contributed by atoms with Gasteiger partial charge in [0.2, 0.25) is 0 Å². The van der Waals surface area contributed by atoms with Crippen molar-refractivity contribution in [3.8, 4) is 0 Å². The number of rotatable bonds is 10. The molecular weight excluding hydrogens is 480 g/mol. The van der Waals surface area contributed by atoms with E-state index in [1.54, 1.807) is 0 Å². The maximum atomic E-state index is 9.25. The molecule has 0 heterocycles. The van der Waals surface area contributed by atoms with Crippen LogP contribution in [-0.2, 0) is 19.2 Å². The summed E-state index contributed by atoms with van der Waals surface area (Å²) >= 11 is 0. The highest BCUT2D eigenvalue weighted by Crippen LogP contribution is 2.11. The van der Waals surface area contributed by atoms with Gasteiger partial charge in [-0.25, -0.2) is 19.2 Å². The second-order valence-corrected chi connectivity index (χ2v) is 5.32. The molecule has 0 aromatic heterocycles. The minimum Gasteiger partial charge on any atom is -0.478 e. The highest BCUT2D eigenvalue weighted by molar-refractivity contribution is 5.79. The van der Waals surface area contributed by atoms with Gasteiger partial charge in [0.1, 0.15) is 6.10 Å². The zero-order valence-corrected chi connectivity index (χ0v) is 19.0. The van der Waals surface area contributed by atoms with Crippen molar-refractivity contribution in [2.45, 2.75) is 6.10 Å². The molecule has 0 aliphatic carbocycles. The number of aliphatic hydroxyl groups excluding tert-OH is 7. The first kappa shape index (κ1) is 45.1. The van der Waals surface area contributed by atoms with Crippen molar-refractivity contribution in [3.63, 3.8) is 0 Å². The summed E-state index contributed by atoms with van der Waals surface area (Å²) in [5.74, 6) is -3.93. The van der Waals surface area contributed by atoms with Crippen molar-refractivity contribution in [1.82, 2.24) is 0 Å². The van der Waals surface area contributed by atoms with Gasteiger partial charge in [-0.15, -0.1) is 0 Å². The van der Waals surface area contributed by atoms with Gasteiger partial charge < -0.3 is 56.2 Å². The summed E-state index contributed by atoms with van der Waals surface area (Å²) in [5.41, 5.74) is -1.11. The Kier molecular flexibility index (Phi) is 45.3. The van der Waals surface area contributed by atoms with E-state index < -0.39 is 61.8 Å². The third kappa shape index (κ3) is 59.0. The van der Waals surface area contributed by atoms with E-state index in [4.69, 9.17) is 56.2 Å². The van der Waals surface area contributed by atoms with Gasteiger partial charge in [0.05, 0.1) is 45.1 Å². The lowest BCUT2D eigenvalue weighted by Crippen LogP contribution is -2.37. The van der Waals surface area contributed by atoms with Gasteiger partial charge in [-0.1, -0.05) is 26.3 Å². The van der Waals surface area contributed by atoms with Gasteiger partial charge in [0, 0.05) is 24.3 Å². The molecule has 0 saturated carbocycles. The van der Waals surface area contributed by atoms with Crippen LogP contribution in [0.3, 0.4) is 0 Å². The molecule has 0 radical (unpaired) electrons. The van der Waals surface area contributed by atoms with Crippen molar-refractivity contribution in [3.05, 3.63) is 50.6 Å². The lowest BCUT2D eigenvalue weighted by molar-refractivity contribution is -0.132. The van der Waals surface area contributed by atoms with E-state index in [-0.39, 0.29) is 13.2 Å². The van der Waals surface area contributed by atoms with E-state index in [0.29, 0.717) is 0 Å². The summed E-state index contributed by atoms with van der Waals surface area (Å²) in [6, 6.07) is 0. The van der Waals surface area contributed by atoms with Crippen LogP contribution in [0, 0.1) is 5.41 Å². The second kappa shape index (κ2) is 35.2. The number of hydrogen-bond donors (Lipinski definition) is 11. The number of aliphatic carboxylic acids is 4. The van der Waals surface area contributed by atoms with E-state index in [9.17, 15) is 19.2 Å². The predicted molar refractivity (Wildman–Crippen MR) is 122 cm³/mol. The molecule has 35 heavy (non-hydrogen) atoms. The highest BCUT2D eigenvalue weighted by Gasteiger charge is 2.26. The molecule has 0 unspecified atom stereocenters. The standard InChI is InChI=1S/C5H12O4.C3H8O3.4C3H4O2/c6-1-5(2-7,3-8)4-9;4-1-3(6)2-5;4*1-2-3(4)5/h6-9H,1-4H2;3-6H,1-2H2;4*2H,1H2,(H,4,5). The van der Waals surface area contributed by atoms with Crippen LogP contribution in [0.2, 0.25) is 0 Å². The van der Waals surface area contributed by atoms with Crippen LogP contribution in [-0.4, -0.2) is 126 Å². The summed E-state index contributed by atoms with van der Waals surface area (Å²) in [4.78, 5) is 37.0. The Labute approximate surface area is 201 Å². The van der Waals surface area contributed by atoms with Crippen LogP contribution in [0.15, 0.2) is 50.6 Å². The van der Waals surface area contributed by atoms with Gasteiger partial charge in [0.15, 0.2) is 0 Å². The Morgan fingerprint density at radius 1 is 0.543 bits per heavy atom. The van der Waals surface area contributed by atoms with Crippen LogP contribution in [0.1, 0.15) is 0 Å². The number of carboxylic acid groups (broad SMARTS) is 4. The zero-order chi connectivity index (χ0) is 29.5. The summed E-state index contributed by atoms with van der Waals surface area (Å²) in [7, 11) is 0. The third-order valence-corrected chi connectivity index (χ3v) is 2.46. The van der Waals surface area contributed by atoms with Crippen LogP contribution in [0.4, 0.5) is 0 Å². The first-order chi connectivity index (χ1) is 16.1. The molecule has 0 bridgehead atoms. The molecule has 0 aromatic rings. The Bertz CT molecular complexity index is 490. The fourth-order valence-electron chi connectivity index (χ4n) is 0.358. The molecule has 0 atom stereocenters. The summed E-state index contributed by atoms with van der Waals surface area (Å²) in [6.45, 7) is 9.49. The fourth-order valence-corrected chi connectivity index (χ4v) is 0.358. The quantitative estimate of drug-likeness (QED) is 0.132. The molecule has 15 heteroatoms. The van der Waals surface area contributed by atoms with Crippen LogP contribution in [0.25, 0.3) is 0 Å². The van der Waals surface area contributed by atoms with Crippen LogP contribution < -0.4 is 0 Å². The SMILES string of the molecule is C=CC(=O)O.C=CC(=O)O.C=CC(=O)O.C=CC(=O)O.OCC(CO)(CO)CO.OCC(O)CO. The lowest BCUT2D eigenvalue weighted by Gasteiger charge is -2.23. The molecule has 0 aliphatic heterocycles. The first-order valence-electron chi connectivity index (χ1n) is 8.88. The minimum atomic E-state index is -1.11. The summed E-state index contributed by atoms with van der Waals surface area (Å²) in [6.07, 6.45) is 2.38. The first-order valence-corrected chi connectivity index (χ1v) is 8.88. The minimum absolute atomic E-state index is 0.365. The highest BCUT2D eigenvalue weighted by atomic mass is 16.4. The monoisotopic (exact) mass is 516 g/mol. The van der Waals surface area contributed by atoms with Crippen molar-refractivity contribution in [1.29, 1.82) is 0 Å². The molecule has 11 N–H and O–H groups in total. The van der Waals surface area contributed by atoms with E-state index in [1.165, 1.54) is 0 Å². The van der Waals surface area contributed by atoms with E-state index in [0.717, 1.165) is 24.3 Å². The van der Waals surface area contributed by atoms with E-state index in [2.05, 4.69) is 26.3 Å². The van der Waals surface area contributed by atoms with Crippen LogP contribution >= 0.6 is 0 Å². The van der Waals surface area contributed by atoms with Gasteiger partial charge >= 0.3 is 23.9 Å². The molecule has 0 amide bonds. The Balaban J connectivity index is -0.0000000735. The molecule has 0 spiro atoms.